The average Bonchev–Trinajstić information content (AvgIpc) is 2.33. The molecule has 0 saturated carbocycles. The van der Waals surface area contributed by atoms with Crippen molar-refractivity contribution in [2.45, 2.75) is 26.4 Å². The lowest BCUT2D eigenvalue weighted by Gasteiger charge is -2.12. The molecule has 0 fully saturated rings. The Bertz CT molecular complexity index is 466. The van der Waals surface area contributed by atoms with E-state index in [0.29, 0.717) is 17.9 Å². The number of nitro groups is 1. The van der Waals surface area contributed by atoms with Crippen molar-refractivity contribution >= 4 is 5.69 Å². The molecule has 6 heteroatoms. The maximum absolute atomic E-state index is 10.7. The molecule has 0 radical (unpaired) electrons. The van der Waals surface area contributed by atoms with Gasteiger partial charge in [0.1, 0.15) is 11.8 Å². The molecule has 0 aliphatic heterocycles. The first-order chi connectivity index (χ1) is 8.54. The SMILES string of the molecule is CC(C)NCc1cc([N+](=O)[O-])ccc1OCC#N. The second-order valence-electron chi connectivity index (χ2n) is 4.03. The number of hydrogen-bond acceptors (Lipinski definition) is 5. The standard InChI is InChI=1S/C12H15N3O3/c1-9(2)14-8-10-7-11(15(16)17)3-4-12(10)18-6-5-13/h3-4,7,9,14H,6,8H2,1-2H3. The Morgan fingerprint density at radius 3 is 2.83 bits per heavy atom. The number of ether oxygens (including phenoxy) is 1. The highest BCUT2D eigenvalue weighted by Gasteiger charge is 2.12. The number of nitrogens with zero attached hydrogens (tertiary/aromatic N) is 2. The number of nitriles is 1. The molecule has 0 aliphatic carbocycles. The second-order valence-corrected chi connectivity index (χ2v) is 4.03. The Balaban J connectivity index is 2.94. The summed E-state index contributed by atoms with van der Waals surface area (Å²) in [6.07, 6.45) is 0. The molecule has 0 unspecified atom stereocenters. The van der Waals surface area contributed by atoms with Crippen LogP contribution < -0.4 is 10.1 Å². The zero-order chi connectivity index (χ0) is 13.5. The Morgan fingerprint density at radius 1 is 1.56 bits per heavy atom. The monoisotopic (exact) mass is 249 g/mol. The molecule has 1 aromatic rings. The smallest absolute Gasteiger partial charge is 0.270 e. The summed E-state index contributed by atoms with van der Waals surface area (Å²) in [5.41, 5.74) is 0.688. The quantitative estimate of drug-likeness (QED) is 0.615. The van der Waals surface area contributed by atoms with Crippen LogP contribution in [0.15, 0.2) is 18.2 Å². The first-order valence-electron chi connectivity index (χ1n) is 5.55. The maximum Gasteiger partial charge on any atom is 0.270 e. The largest absolute Gasteiger partial charge is 0.478 e. The average molecular weight is 249 g/mol. The van der Waals surface area contributed by atoms with Crippen LogP contribution in [0.25, 0.3) is 0 Å². The number of nitrogens with one attached hydrogen (secondary N) is 1. The molecule has 0 spiro atoms. The second kappa shape index (κ2) is 6.57. The van der Waals surface area contributed by atoms with Gasteiger partial charge in [-0.3, -0.25) is 10.1 Å². The third-order valence-corrected chi connectivity index (χ3v) is 2.25. The summed E-state index contributed by atoms with van der Waals surface area (Å²) in [6, 6.07) is 6.47. The Hall–Kier alpha value is -2.13. The van der Waals surface area contributed by atoms with Gasteiger partial charge in [-0.2, -0.15) is 5.26 Å². The van der Waals surface area contributed by atoms with E-state index in [-0.39, 0.29) is 18.3 Å². The Labute approximate surface area is 105 Å². The lowest BCUT2D eigenvalue weighted by Crippen LogP contribution is -2.22. The van der Waals surface area contributed by atoms with Crippen LogP contribution >= 0.6 is 0 Å². The van der Waals surface area contributed by atoms with Gasteiger partial charge < -0.3 is 10.1 Å². The van der Waals surface area contributed by atoms with Crippen LogP contribution in [0.4, 0.5) is 5.69 Å². The van der Waals surface area contributed by atoms with Crippen molar-refractivity contribution in [2.24, 2.45) is 0 Å². The highest BCUT2D eigenvalue weighted by atomic mass is 16.6. The topological polar surface area (TPSA) is 88.2 Å². The van der Waals surface area contributed by atoms with Crippen molar-refractivity contribution in [3.8, 4) is 11.8 Å². The number of rotatable bonds is 6. The van der Waals surface area contributed by atoms with E-state index in [1.807, 2.05) is 19.9 Å². The summed E-state index contributed by atoms with van der Waals surface area (Å²) in [7, 11) is 0. The third kappa shape index (κ3) is 4.03. The molecule has 0 amide bonds. The van der Waals surface area contributed by atoms with E-state index in [0.717, 1.165) is 0 Å². The van der Waals surface area contributed by atoms with Crippen LogP contribution in [0.3, 0.4) is 0 Å². The highest BCUT2D eigenvalue weighted by molar-refractivity contribution is 5.43. The molecule has 0 aliphatic rings. The first-order valence-corrected chi connectivity index (χ1v) is 5.55. The maximum atomic E-state index is 10.7. The van der Waals surface area contributed by atoms with Gasteiger partial charge in [-0.15, -0.1) is 0 Å². The lowest BCUT2D eigenvalue weighted by molar-refractivity contribution is -0.384. The number of non-ortho nitro benzene ring substituents is 1. The van der Waals surface area contributed by atoms with Crippen LogP contribution in [-0.2, 0) is 6.54 Å². The molecule has 0 atom stereocenters. The predicted molar refractivity (Wildman–Crippen MR) is 66.2 cm³/mol. The van der Waals surface area contributed by atoms with Crippen molar-refractivity contribution < 1.29 is 9.66 Å². The molecule has 6 nitrogen and oxygen atoms in total. The van der Waals surface area contributed by atoms with Gasteiger partial charge in [0.25, 0.3) is 5.69 Å². The van der Waals surface area contributed by atoms with Crippen LogP contribution in [0, 0.1) is 21.4 Å². The molecule has 0 heterocycles. The van der Waals surface area contributed by atoms with E-state index in [9.17, 15) is 10.1 Å². The van der Waals surface area contributed by atoms with Crippen LogP contribution in [0.1, 0.15) is 19.4 Å². The molecule has 96 valence electrons. The predicted octanol–water partition coefficient (Wildman–Crippen LogP) is 2.00. The first kappa shape index (κ1) is 13.9. The van der Waals surface area contributed by atoms with Gasteiger partial charge in [-0.05, 0) is 6.07 Å². The van der Waals surface area contributed by atoms with Crippen molar-refractivity contribution in [2.75, 3.05) is 6.61 Å². The van der Waals surface area contributed by atoms with E-state index in [2.05, 4.69) is 5.32 Å². The van der Waals surface area contributed by atoms with Crippen LogP contribution in [0.2, 0.25) is 0 Å². The van der Waals surface area contributed by atoms with Crippen LogP contribution in [0.5, 0.6) is 5.75 Å². The Kier molecular flexibility index (Phi) is 5.08. The normalized spacial score (nSPS) is 10.1. The highest BCUT2D eigenvalue weighted by Crippen LogP contribution is 2.24. The van der Waals surface area contributed by atoms with Gasteiger partial charge in [0.15, 0.2) is 6.61 Å². The van der Waals surface area contributed by atoms with Crippen molar-refractivity contribution in [3.63, 3.8) is 0 Å². The number of benzene rings is 1. The fourth-order valence-electron chi connectivity index (χ4n) is 1.38. The zero-order valence-electron chi connectivity index (χ0n) is 10.3. The van der Waals surface area contributed by atoms with Gasteiger partial charge in [0, 0.05) is 30.3 Å². The molecule has 0 aromatic heterocycles. The summed E-state index contributed by atoms with van der Waals surface area (Å²) in [5, 5.41) is 22.3. The van der Waals surface area contributed by atoms with E-state index < -0.39 is 4.92 Å². The zero-order valence-corrected chi connectivity index (χ0v) is 10.3. The van der Waals surface area contributed by atoms with Gasteiger partial charge in [0.2, 0.25) is 0 Å². The Morgan fingerprint density at radius 2 is 2.28 bits per heavy atom. The third-order valence-electron chi connectivity index (χ3n) is 2.25. The summed E-state index contributed by atoms with van der Waals surface area (Å²) in [5.74, 6) is 0.496. The molecular weight excluding hydrogens is 234 g/mol. The molecule has 1 N–H and O–H groups in total. The fraction of sp³-hybridized carbons (Fsp3) is 0.417. The summed E-state index contributed by atoms with van der Waals surface area (Å²) in [6.45, 7) is 4.34. The lowest BCUT2D eigenvalue weighted by atomic mass is 10.1. The minimum atomic E-state index is -0.451. The number of hydrogen-bond donors (Lipinski definition) is 1. The van der Waals surface area contributed by atoms with Crippen molar-refractivity contribution in [3.05, 3.63) is 33.9 Å². The van der Waals surface area contributed by atoms with Gasteiger partial charge in [-0.1, -0.05) is 13.8 Å². The molecular formula is C12H15N3O3. The van der Waals surface area contributed by atoms with Gasteiger partial charge in [-0.25, -0.2) is 0 Å². The summed E-state index contributed by atoms with van der Waals surface area (Å²) < 4.78 is 5.23. The fourth-order valence-corrected chi connectivity index (χ4v) is 1.38. The minimum absolute atomic E-state index is 0.0138. The van der Waals surface area contributed by atoms with E-state index >= 15 is 0 Å². The van der Waals surface area contributed by atoms with Gasteiger partial charge in [0.05, 0.1) is 4.92 Å². The van der Waals surface area contributed by atoms with Crippen LogP contribution in [-0.4, -0.2) is 17.6 Å². The van der Waals surface area contributed by atoms with E-state index in [1.54, 1.807) is 0 Å². The number of nitro benzene ring substituents is 1. The van der Waals surface area contributed by atoms with Crippen molar-refractivity contribution in [1.82, 2.24) is 5.32 Å². The molecule has 18 heavy (non-hydrogen) atoms. The van der Waals surface area contributed by atoms with Gasteiger partial charge >= 0.3 is 0 Å². The van der Waals surface area contributed by atoms with E-state index in [4.69, 9.17) is 10.00 Å². The molecule has 0 saturated heterocycles. The van der Waals surface area contributed by atoms with E-state index in [1.165, 1.54) is 18.2 Å². The molecule has 1 aromatic carbocycles. The summed E-state index contributed by atoms with van der Waals surface area (Å²) in [4.78, 5) is 10.3. The van der Waals surface area contributed by atoms with Crippen molar-refractivity contribution in [1.29, 1.82) is 5.26 Å². The molecule has 0 bridgehead atoms. The minimum Gasteiger partial charge on any atom is -0.478 e. The summed E-state index contributed by atoms with van der Waals surface area (Å²) >= 11 is 0. The molecule has 1 rings (SSSR count).